The maximum absolute atomic E-state index is 12.4. The molecule has 5 heteroatoms. The molecule has 0 radical (unpaired) electrons. The van der Waals surface area contributed by atoms with Gasteiger partial charge in [0.1, 0.15) is 0 Å². The van der Waals surface area contributed by atoms with Crippen LogP contribution in [0.5, 0.6) is 0 Å². The van der Waals surface area contributed by atoms with Gasteiger partial charge in [0.2, 0.25) is 0 Å². The second-order valence-electron chi connectivity index (χ2n) is 6.91. The van der Waals surface area contributed by atoms with Crippen molar-refractivity contribution in [3.05, 3.63) is 51.2 Å². The van der Waals surface area contributed by atoms with Crippen molar-refractivity contribution in [2.75, 3.05) is 7.05 Å². The average Bonchev–Trinajstić information content (AvgIpc) is 2.91. The number of nitrogens with zero attached hydrogens (tertiary/aromatic N) is 3. The molecule has 1 aliphatic heterocycles. The van der Waals surface area contributed by atoms with E-state index in [1.165, 1.54) is 16.8 Å². The van der Waals surface area contributed by atoms with Gasteiger partial charge in [0.25, 0.3) is 5.91 Å². The van der Waals surface area contributed by atoms with E-state index < -0.39 is 0 Å². The number of likely N-dealkylation sites (N-methyl/N-ethyl adjacent to an activating group) is 1. The molecule has 2 aromatic rings. The van der Waals surface area contributed by atoms with Gasteiger partial charge < -0.3 is 4.90 Å². The summed E-state index contributed by atoms with van der Waals surface area (Å²) >= 11 is 2.16. The van der Waals surface area contributed by atoms with Gasteiger partial charge in [0, 0.05) is 31.3 Å². The Kier molecular flexibility index (Phi) is 3.60. The molecule has 2 aliphatic rings. The van der Waals surface area contributed by atoms with Gasteiger partial charge in [-0.15, -0.1) is 0 Å². The van der Waals surface area contributed by atoms with E-state index in [1.54, 1.807) is 0 Å². The summed E-state index contributed by atoms with van der Waals surface area (Å²) in [7, 11) is 3.94. The lowest BCUT2D eigenvalue weighted by atomic mass is 9.68. The quantitative estimate of drug-likeness (QED) is 0.647. The van der Waals surface area contributed by atoms with Crippen LogP contribution in [0.1, 0.15) is 24.6 Å². The zero-order chi connectivity index (χ0) is 17.1. The summed E-state index contributed by atoms with van der Waals surface area (Å²) in [5.41, 5.74) is 4.62. The van der Waals surface area contributed by atoms with E-state index in [9.17, 15) is 4.79 Å². The van der Waals surface area contributed by atoms with Gasteiger partial charge in [0.15, 0.2) is 0 Å². The highest BCUT2D eigenvalue weighted by Gasteiger charge is 2.48. The van der Waals surface area contributed by atoms with Crippen LogP contribution < -0.4 is 0 Å². The number of aryl methyl sites for hydroxylation is 1. The molecule has 0 saturated heterocycles. The number of halogens is 1. The standard InChI is InChI=1S/C19H20IN3O/c1-19-11-14(20)18(24)22(2)15(19)10-9-13-16(23(3)21-17(13)19)12-7-5-4-6-8-12/h4-8,11,15H,9-10H2,1-3H3/t15-,19+/m1/s1. The fourth-order valence-electron chi connectivity index (χ4n) is 4.33. The highest BCUT2D eigenvalue weighted by molar-refractivity contribution is 14.1. The van der Waals surface area contributed by atoms with Crippen LogP contribution in [0.3, 0.4) is 0 Å². The van der Waals surface area contributed by atoms with Crippen molar-refractivity contribution in [1.82, 2.24) is 14.7 Å². The predicted octanol–water partition coefficient (Wildman–Crippen LogP) is 3.45. The lowest BCUT2D eigenvalue weighted by Gasteiger charge is -2.46. The summed E-state index contributed by atoms with van der Waals surface area (Å²) in [6.45, 7) is 2.22. The number of rotatable bonds is 1. The molecule has 0 spiro atoms. The van der Waals surface area contributed by atoms with Gasteiger partial charge in [0.05, 0.1) is 20.4 Å². The minimum Gasteiger partial charge on any atom is -0.337 e. The molecule has 1 aromatic heterocycles. The van der Waals surface area contributed by atoms with Gasteiger partial charge in [-0.3, -0.25) is 9.48 Å². The highest BCUT2D eigenvalue weighted by Crippen LogP contribution is 2.46. The minimum absolute atomic E-state index is 0.126. The Bertz CT molecular complexity index is 855. The Balaban J connectivity index is 1.93. The van der Waals surface area contributed by atoms with Crippen LogP contribution in [0.15, 0.2) is 40.0 Å². The zero-order valence-electron chi connectivity index (χ0n) is 14.1. The molecule has 0 saturated carbocycles. The second-order valence-corrected chi connectivity index (χ2v) is 8.07. The van der Waals surface area contributed by atoms with Gasteiger partial charge in [-0.25, -0.2) is 0 Å². The van der Waals surface area contributed by atoms with Crippen LogP contribution in [-0.2, 0) is 23.7 Å². The van der Waals surface area contributed by atoms with Crippen molar-refractivity contribution in [3.63, 3.8) is 0 Å². The van der Waals surface area contributed by atoms with Gasteiger partial charge >= 0.3 is 0 Å². The normalized spacial score (nSPS) is 26.0. The Morgan fingerprint density at radius 2 is 1.96 bits per heavy atom. The first-order chi connectivity index (χ1) is 11.4. The molecule has 4 nitrogen and oxygen atoms in total. The number of hydrogen-bond donors (Lipinski definition) is 0. The van der Waals surface area contributed by atoms with Crippen LogP contribution in [0.25, 0.3) is 11.3 Å². The van der Waals surface area contributed by atoms with E-state index >= 15 is 0 Å². The molecule has 0 N–H and O–H groups in total. The van der Waals surface area contributed by atoms with Crippen molar-refractivity contribution in [3.8, 4) is 11.3 Å². The molecule has 1 aromatic carbocycles. The molecule has 0 bridgehead atoms. The first kappa shape index (κ1) is 15.9. The van der Waals surface area contributed by atoms with Gasteiger partial charge in [-0.05, 0) is 42.4 Å². The van der Waals surface area contributed by atoms with Gasteiger partial charge in [-0.2, -0.15) is 5.10 Å². The molecule has 0 unspecified atom stereocenters. The third kappa shape index (κ3) is 2.10. The van der Waals surface area contributed by atoms with Crippen molar-refractivity contribution < 1.29 is 4.79 Å². The van der Waals surface area contributed by atoms with Crippen molar-refractivity contribution >= 4 is 28.5 Å². The monoisotopic (exact) mass is 433 g/mol. The molecule has 2 heterocycles. The Labute approximate surface area is 155 Å². The Morgan fingerprint density at radius 3 is 2.67 bits per heavy atom. The van der Waals surface area contributed by atoms with Crippen molar-refractivity contribution in [2.45, 2.75) is 31.2 Å². The largest absolute Gasteiger partial charge is 0.337 e. The first-order valence-corrected chi connectivity index (χ1v) is 9.28. The molecule has 0 fully saturated rings. The molecule has 4 rings (SSSR count). The van der Waals surface area contributed by atoms with Crippen LogP contribution in [0.4, 0.5) is 0 Å². The summed E-state index contributed by atoms with van der Waals surface area (Å²) in [5, 5.41) is 4.91. The fraction of sp³-hybridized carbons (Fsp3) is 0.368. The third-order valence-electron chi connectivity index (χ3n) is 5.48. The van der Waals surface area contributed by atoms with Crippen LogP contribution in [0.2, 0.25) is 0 Å². The summed E-state index contributed by atoms with van der Waals surface area (Å²) in [6, 6.07) is 10.6. The number of aromatic nitrogens is 2. The smallest absolute Gasteiger partial charge is 0.259 e. The van der Waals surface area contributed by atoms with Crippen LogP contribution in [0, 0.1) is 0 Å². The number of carbonyl (C=O) groups is 1. The average molecular weight is 433 g/mol. The van der Waals surface area contributed by atoms with Crippen molar-refractivity contribution in [1.29, 1.82) is 0 Å². The lowest BCUT2D eigenvalue weighted by Crippen LogP contribution is -2.54. The molecule has 124 valence electrons. The fourth-order valence-corrected chi connectivity index (χ4v) is 5.36. The highest BCUT2D eigenvalue weighted by atomic mass is 127. The van der Waals surface area contributed by atoms with E-state index in [-0.39, 0.29) is 17.4 Å². The van der Waals surface area contributed by atoms with Crippen LogP contribution in [-0.4, -0.2) is 33.7 Å². The SMILES string of the molecule is CN1C(=O)C(I)=C[C@]2(C)c3nn(C)c(-c4ccccc4)c3CC[C@@H]12. The van der Waals surface area contributed by atoms with E-state index in [4.69, 9.17) is 5.10 Å². The zero-order valence-corrected chi connectivity index (χ0v) is 16.2. The second kappa shape index (κ2) is 5.44. The Hall–Kier alpha value is -1.63. The molecule has 1 amide bonds. The maximum atomic E-state index is 12.4. The number of carbonyl (C=O) groups excluding carboxylic acids is 1. The van der Waals surface area contributed by atoms with Crippen molar-refractivity contribution in [2.24, 2.45) is 7.05 Å². The molecule has 1 aliphatic carbocycles. The van der Waals surface area contributed by atoms with E-state index in [0.717, 1.165) is 22.1 Å². The first-order valence-electron chi connectivity index (χ1n) is 8.21. The Morgan fingerprint density at radius 1 is 1.25 bits per heavy atom. The maximum Gasteiger partial charge on any atom is 0.259 e. The molecular weight excluding hydrogens is 413 g/mol. The van der Waals surface area contributed by atoms with E-state index in [0.29, 0.717) is 0 Å². The predicted molar refractivity (Wildman–Crippen MR) is 103 cm³/mol. The van der Waals surface area contributed by atoms with Gasteiger partial charge in [-0.1, -0.05) is 36.4 Å². The number of benzene rings is 1. The topological polar surface area (TPSA) is 38.1 Å². The van der Waals surface area contributed by atoms with E-state index in [2.05, 4.69) is 59.9 Å². The number of amides is 1. The summed E-state index contributed by atoms with van der Waals surface area (Å²) < 4.78 is 2.79. The van der Waals surface area contributed by atoms with E-state index in [1.807, 2.05) is 29.7 Å². The number of fused-ring (bicyclic) bond motifs is 3. The summed E-state index contributed by atoms with van der Waals surface area (Å²) in [4.78, 5) is 14.3. The van der Waals surface area contributed by atoms with Crippen LogP contribution >= 0.6 is 22.6 Å². The molecule has 2 atom stereocenters. The summed E-state index contributed by atoms with van der Waals surface area (Å²) in [5.74, 6) is 0.126. The molecular formula is C19H20IN3O. The summed E-state index contributed by atoms with van der Waals surface area (Å²) in [6.07, 6.45) is 4.05. The number of hydrogen-bond acceptors (Lipinski definition) is 2. The minimum atomic E-state index is -0.225. The lowest BCUT2D eigenvalue weighted by molar-refractivity contribution is -0.129. The third-order valence-corrected chi connectivity index (χ3v) is 6.25. The molecule has 24 heavy (non-hydrogen) atoms.